The number of rotatable bonds is 22. The Kier molecular flexibility index (Phi) is 17.1. The highest BCUT2D eigenvalue weighted by Crippen LogP contribution is 2.12. The van der Waals surface area contributed by atoms with E-state index < -0.39 is 71.2 Å². The van der Waals surface area contributed by atoms with Gasteiger partial charge in [-0.05, 0) is 93.2 Å². The molecule has 2 aromatic carbocycles. The Morgan fingerprint density at radius 3 is 1.15 bits per heavy atom. The van der Waals surface area contributed by atoms with Crippen molar-refractivity contribution in [2.45, 2.75) is 96.6 Å². The quantitative estimate of drug-likeness (QED) is 0.100. The Morgan fingerprint density at radius 2 is 0.831 bits per heavy atom. The first-order valence-electron chi connectivity index (χ1n) is 19.8. The second-order valence-corrected chi connectivity index (χ2v) is 14.1. The van der Waals surface area contributed by atoms with Crippen LogP contribution in [0.15, 0.2) is 72.8 Å². The van der Waals surface area contributed by atoms with Gasteiger partial charge in [-0.15, -0.1) is 0 Å². The summed E-state index contributed by atoms with van der Waals surface area (Å²) in [5.41, 5.74) is 2.51. The average molecular weight is 811 g/mol. The number of benzene rings is 2. The van der Waals surface area contributed by atoms with Crippen molar-refractivity contribution in [1.82, 2.24) is 31.1 Å². The van der Waals surface area contributed by atoms with Crippen molar-refractivity contribution < 1.29 is 47.9 Å². The molecule has 2 aromatic rings. The van der Waals surface area contributed by atoms with Gasteiger partial charge in [0.25, 0.3) is 35.4 Å². The van der Waals surface area contributed by atoms with Gasteiger partial charge >= 0.3 is 0 Å². The lowest BCUT2D eigenvalue weighted by Crippen LogP contribution is -2.49. The van der Waals surface area contributed by atoms with E-state index in [1.165, 1.54) is 24.3 Å². The number of carbonyl (C=O) groups is 10. The molecule has 0 saturated carbocycles. The van der Waals surface area contributed by atoms with E-state index in [1.54, 1.807) is 48.5 Å². The minimum Gasteiger partial charge on any atom is -0.344 e. The molecule has 2 unspecified atom stereocenters. The summed E-state index contributed by atoms with van der Waals surface area (Å²) in [6.07, 6.45) is 7.30. The van der Waals surface area contributed by atoms with Gasteiger partial charge in [-0.1, -0.05) is 38.1 Å². The Balaban J connectivity index is 1.32. The number of amides is 10. The van der Waals surface area contributed by atoms with E-state index in [0.29, 0.717) is 25.7 Å². The van der Waals surface area contributed by atoms with Crippen molar-refractivity contribution in [1.29, 1.82) is 0 Å². The molecule has 2 heterocycles. The maximum atomic E-state index is 13.3. The minimum absolute atomic E-state index is 0.0180. The lowest BCUT2D eigenvalue weighted by Gasteiger charge is -2.20. The fraction of sp³-hybridized carbons (Fsp3) is 0.395. The van der Waals surface area contributed by atoms with Gasteiger partial charge in [-0.25, -0.2) is 0 Å². The SMILES string of the molecule is CCc1ccc(C(=O)NC(=O)C(CCCCN2C(=O)C=CC2=O)NC(=O)CCCC(=O)NC(CCCCN2C(=O)C=CC2=O)C(=O)NC(=O)c2ccc(CC)cc2)cc1. The second-order valence-electron chi connectivity index (χ2n) is 14.1. The molecule has 0 radical (unpaired) electrons. The van der Waals surface area contributed by atoms with E-state index in [4.69, 9.17) is 0 Å². The van der Waals surface area contributed by atoms with Crippen LogP contribution >= 0.6 is 0 Å². The van der Waals surface area contributed by atoms with Crippen molar-refractivity contribution in [3.63, 3.8) is 0 Å². The van der Waals surface area contributed by atoms with Crippen molar-refractivity contribution in [3.8, 4) is 0 Å². The zero-order valence-corrected chi connectivity index (χ0v) is 33.3. The molecular formula is C43H50N6O10. The maximum Gasteiger partial charge on any atom is 0.257 e. The Bertz CT molecular complexity index is 1810. The first-order chi connectivity index (χ1) is 28.3. The minimum atomic E-state index is -1.15. The average Bonchev–Trinajstić information content (AvgIpc) is 3.73. The number of hydrogen-bond acceptors (Lipinski definition) is 10. The number of imide groups is 4. The molecule has 2 aliphatic heterocycles. The fourth-order valence-corrected chi connectivity index (χ4v) is 6.35. The third-order valence-corrected chi connectivity index (χ3v) is 9.88. The molecule has 4 rings (SSSR count). The smallest absolute Gasteiger partial charge is 0.257 e. The molecule has 0 bridgehead atoms. The van der Waals surface area contributed by atoms with Crippen LogP contribution in [0.3, 0.4) is 0 Å². The third-order valence-electron chi connectivity index (χ3n) is 9.88. The van der Waals surface area contributed by atoms with Crippen LogP contribution in [0.4, 0.5) is 0 Å². The van der Waals surface area contributed by atoms with Crippen molar-refractivity contribution in [2.24, 2.45) is 0 Å². The summed E-state index contributed by atoms with van der Waals surface area (Å²) in [7, 11) is 0. The van der Waals surface area contributed by atoms with E-state index in [9.17, 15) is 47.9 Å². The summed E-state index contributed by atoms with van der Waals surface area (Å²) in [6, 6.07) is 11.1. The van der Waals surface area contributed by atoms with Gasteiger partial charge in [-0.3, -0.25) is 68.4 Å². The van der Waals surface area contributed by atoms with Gasteiger partial charge in [0.15, 0.2) is 0 Å². The number of nitrogens with one attached hydrogen (secondary N) is 4. The van der Waals surface area contributed by atoms with Crippen LogP contribution in [0, 0.1) is 0 Å². The van der Waals surface area contributed by atoms with Gasteiger partial charge in [0.1, 0.15) is 12.1 Å². The van der Waals surface area contributed by atoms with Gasteiger partial charge < -0.3 is 10.6 Å². The maximum absolute atomic E-state index is 13.3. The van der Waals surface area contributed by atoms with Crippen molar-refractivity contribution >= 4 is 59.1 Å². The molecule has 59 heavy (non-hydrogen) atoms. The molecule has 0 fully saturated rings. The van der Waals surface area contributed by atoms with Crippen molar-refractivity contribution in [3.05, 3.63) is 95.1 Å². The first kappa shape index (κ1) is 45.1. The molecule has 0 aromatic heterocycles. The monoisotopic (exact) mass is 810 g/mol. The van der Waals surface area contributed by atoms with Crippen LogP contribution in [0.5, 0.6) is 0 Å². The molecule has 4 N–H and O–H groups in total. The van der Waals surface area contributed by atoms with E-state index in [1.807, 2.05) is 13.8 Å². The number of hydrogen-bond donors (Lipinski definition) is 4. The molecule has 0 spiro atoms. The van der Waals surface area contributed by atoms with Crippen LogP contribution in [0.25, 0.3) is 0 Å². The number of unbranched alkanes of at least 4 members (excludes halogenated alkanes) is 2. The summed E-state index contributed by atoms with van der Waals surface area (Å²) in [6.45, 7) is 4.15. The van der Waals surface area contributed by atoms with E-state index in [0.717, 1.165) is 33.8 Å². The predicted molar refractivity (Wildman–Crippen MR) is 214 cm³/mol. The molecule has 16 nitrogen and oxygen atoms in total. The van der Waals surface area contributed by atoms with Crippen LogP contribution in [-0.4, -0.2) is 94.0 Å². The van der Waals surface area contributed by atoms with Crippen LogP contribution < -0.4 is 21.3 Å². The lowest BCUT2D eigenvalue weighted by atomic mass is 10.1. The highest BCUT2D eigenvalue weighted by Gasteiger charge is 2.27. The van der Waals surface area contributed by atoms with Crippen LogP contribution in [0.1, 0.15) is 103 Å². The molecule has 0 aliphatic carbocycles. The zero-order chi connectivity index (χ0) is 42.9. The topological polar surface area (TPSA) is 225 Å². The summed E-state index contributed by atoms with van der Waals surface area (Å²) in [5.74, 6) is -5.74. The van der Waals surface area contributed by atoms with Gasteiger partial charge in [-0.2, -0.15) is 0 Å². The summed E-state index contributed by atoms with van der Waals surface area (Å²) < 4.78 is 0. The van der Waals surface area contributed by atoms with Gasteiger partial charge in [0, 0.05) is 61.4 Å². The molecular weight excluding hydrogens is 761 g/mol. The van der Waals surface area contributed by atoms with E-state index in [-0.39, 0.29) is 56.3 Å². The summed E-state index contributed by atoms with van der Waals surface area (Å²) >= 11 is 0. The van der Waals surface area contributed by atoms with Crippen molar-refractivity contribution in [2.75, 3.05) is 13.1 Å². The zero-order valence-electron chi connectivity index (χ0n) is 33.3. The normalized spacial score (nSPS) is 14.3. The largest absolute Gasteiger partial charge is 0.344 e. The van der Waals surface area contributed by atoms with Gasteiger partial charge in [0.05, 0.1) is 0 Å². The predicted octanol–water partition coefficient (Wildman–Crippen LogP) is 2.35. The highest BCUT2D eigenvalue weighted by molar-refractivity contribution is 6.13. The van der Waals surface area contributed by atoms with Gasteiger partial charge in [0.2, 0.25) is 23.6 Å². The summed E-state index contributed by atoms with van der Waals surface area (Å²) in [4.78, 5) is 128. The number of nitrogens with zero attached hydrogens (tertiary/aromatic N) is 2. The Labute approximate surface area is 342 Å². The van der Waals surface area contributed by atoms with E-state index in [2.05, 4.69) is 21.3 Å². The molecule has 2 aliphatic rings. The third kappa shape index (κ3) is 13.8. The molecule has 0 saturated heterocycles. The second kappa shape index (κ2) is 22.4. The Morgan fingerprint density at radius 1 is 0.492 bits per heavy atom. The number of aryl methyl sites for hydroxylation is 2. The lowest BCUT2D eigenvalue weighted by molar-refractivity contribution is -0.138. The van der Waals surface area contributed by atoms with Crippen LogP contribution in [0.2, 0.25) is 0 Å². The molecule has 2 atom stereocenters. The molecule has 312 valence electrons. The molecule has 10 amide bonds. The molecule has 16 heteroatoms. The highest BCUT2D eigenvalue weighted by atomic mass is 16.2. The summed E-state index contributed by atoms with van der Waals surface area (Å²) in [5, 5.41) is 9.90. The number of carbonyl (C=O) groups excluding carboxylic acids is 10. The first-order valence-corrected chi connectivity index (χ1v) is 19.8. The van der Waals surface area contributed by atoms with E-state index >= 15 is 0 Å². The fourth-order valence-electron chi connectivity index (χ4n) is 6.35. The standard InChI is InChI=1S/C43H50N6O10/c1-3-28-14-18-30(19-15-28)40(56)46-42(58)32(10-5-7-26-48-36(52)22-23-37(48)53)44-34(50)12-9-13-35(51)45-33(11-6-8-27-49-38(54)24-25-39(49)55)43(59)47-41(57)31-20-16-29(4-2)17-21-31/h14-25,32-33H,3-13,26-27H2,1-2H3,(H,44,50)(H,45,51)(H,46,56,58)(H,47,57,59). The van der Waals surface area contributed by atoms with Crippen LogP contribution in [-0.2, 0) is 51.2 Å². The Hall–Kier alpha value is -6.58.